The molecule has 0 heterocycles. The number of ether oxygens (including phenoxy) is 1. The van der Waals surface area contributed by atoms with E-state index in [-0.39, 0.29) is 5.56 Å². The predicted octanol–water partition coefficient (Wildman–Crippen LogP) is 5.37. The molecule has 0 amide bonds. The van der Waals surface area contributed by atoms with E-state index in [1.54, 1.807) is 12.1 Å². The molecule has 1 N–H and O–H groups in total. The Balaban J connectivity index is 2.42. The maximum absolute atomic E-state index is 11.1. The molecule has 0 saturated heterocycles. The van der Waals surface area contributed by atoms with Crippen LogP contribution >= 0.6 is 15.9 Å². The molecule has 3 nitrogen and oxygen atoms in total. The average Bonchev–Trinajstić information content (AvgIpc) is 2.37. The number of carbonyl (C=O) groups is 1. The van der Waals surface area contributed by atoms with Crippen LogP contribution in [0.25, 0.3) is 0 Å². The van der Waals surface area contributed by atoms with Crippen molar-refractivity contribution >= 4 is 21.9 Å². The van der Waals surface area contributed by atoms with E-state index in [0.29, 0.717) is 16.1 Å². The van der Waals surface area contributed by atoms with Gasteiger partial charge in [-0.1, -0.05) is 41.9 Å². The molecule has 0 aliphatic heterocycles. The molecule has 2 aromatic rings. The van der Waals surface area contributed by atoms with Gasteiger partial charge in [-0.3, -0.25) is 0 Å². The molecule has 21 heavy (non-hydrogen) atoms. The van der Waals surface area contributed by atoms with Crippen LogP contribution in [0.5, 0.6) is 11.5 Å². The zero-order valence-corrected chi connectivity index (χ0v) is 13.8. The third-order valence-corrected chi connectivity index (χ3v) is 3.59. The van der Waals surface area contributed by atoms with Gasteiger partial charge in [-0.15, -0.1) is 0 Å². The summed E-state index contributed by atoms with van der Waals surface area (Å²) < 4.78 is 6.61. The van der Waals surface area contributed by atoms with Gasteiger partial charge in [0.05, 0.1) is 5.56 Å². The molecule has 0 bridgehead atoms. The van der Waals surface area contributed by atoms with Crippen LogP contribution in [0, 0.1) is 6.92 Å². The number of aromatic carboxylic acids is 1. The highest BCUT2D eigenvalue weighted by Crippen LogP contribution is 2.33. The van der Waals surface area contributed by atoms with E-state index in [9.17, 15) is 4.79 Å². The first-order valence-corrected chi connectivity index (χ1v) is 7.48. The minimum atomic E-state index is -0.977. The lowest BCUT2D eigenvalue weighted by Crippen LogP contribution is -1.98. The molecule has 0 radical (unpaired) electrons. The molecular formula is C17H17BrO3. The minimum Gasteiger partial charge on any atom is -0.478 e. The topological polar surface area (TPSA) is 46.5 Å². The SMILES string of the molecule is Cc1ccc(C(C)C)c(Oc2cc(Br)cc(C(=O)O)c2)c1. The fourth-order valence-electron chi connectivity index (χ4n) is 2.08. The number of halogens is 1. The number of rotatable bonds is 4. The van der Waals surface area contributed by atoms with Crippen LogP contribution in [0.1, 0.15) is 41.3 Å². The minimum absolute atomic E-state index is 0.193. The van der Waals surface area contributed by atoms with Crippen molar-refractivity contribution < 1.29 is 14.6 Å². The second-order valence-electron chi connectivity index (χ2n) is 5.28. The molecule has 2 rings (SSSR count). The van der Waals surface area contributed by atoms with Crippen molar-refractivity contribution in [2.24, 2.45) is 0 Å². The summed E-state index contributed by atoms with van der Waals surface area (Å²) in [6.45, 7) is 6.20. The number of hydrogen-bond acceptors (Lipinski definition) is 2. The number of carboxylic acids is 1. The average molecular weight is 349 g/mol. The Morgan fingerprint density at radius 2 is 1.90 bits per heavy atom. The maximum atomic E-state index is 11.1. The van der Waals surface area contributed by atoms with Crippen LogP contribution in [-0.2, 0) is 0 Å². The van der Waals surface area contributed by atoms with Gasteiger partial charge in [-0.2, -0.15) is 0 Å². The lowest BCUT2D eigenvalue weighted by atomic mass is 10.0. The van der Waals surface area contributed by atoms with Crippen LogP contribution in [-0.4, -0.2) is 11.1 Å². The van der Waals surface area contributed by atoms with E-state index >= 15 is 0 Å². The maximum Gasteiger partial charge on any atom is 0.335 e. The van der Waals surface area contributed by atoms with Crippen molar-refractivity contribution in [3.8, 4) is 11.5 Å². The number of carboxylic acid groups (broad SMARTS) is 1. The molecule has 0 atom stereocenters. The van der Waals surface area contributed by atoms with Crippen molar-refractivity contribution in [3.63, 3.8) is 0 Å². The molecule has 0 saturated carbocycles. The van der Waals surface area contributed by atoms with Gasteiger partial charge in [0.1, 0.15) is 11.5 Å². The van der Waals surface area contributed by atoms with Crippen molar-refractivity contribution in [2.75, 3.05) is 0 Å². The Bertz CT molecular complexity index is 678. The Morgan fingerprint density at radius 3 is 2.52 bits per heavy atom. The number of aryl methyl sites for hydroxylation is 1. The second kappa shape index (κ2) is 6.31. The van der Waals surface area contributed by atoms with E-state index in [2.05, 4.69) is 29.8 Å². The fraction of sp³-hybridized carbons (Fsp3) is 0.235. The standard InChI is InChI=1S/C17H17BrO3/c1-10(2)15-5-4-11(3)6-16(15)21-14-8-12(17(19)20)7-13(18)9-14/h4-10H,1-3H3,(H,19,20). The number of benzene rings is 2. The molecular weight excluding hydrogens is 332 g/mol. The summed E-state index contributed by atoms with van der Waals surface area (Å²) in [4.78, 5) is 11.1. The Hall–Kier alpha value is -1.81. The van der Waals surface area contributed by atoms with Gasteiger partial charge in [0.25, 0.3) is 0 Å². The van der Waals surface area contributed by atoms with E-state index in [4.69, 9.17) is 9.84 Å². The molecule has 0 aliphatic carbocycles. The highest BCUT2D eigenvalue weighted by Gasteiger charge is 2.12. The summed E-state index contributed by atoms with van der Waals surface area (Å²) in [6.07, 6.45) is 0. The molecule has 4 heteroatoms. The summed E-state index contributed by atoms with van der Waals surface area (Å²) in [5.41, 5.74) is 2.39. The van der Waals surface area contributed by atoms with Crippen molar-refractivity contribution in [1.82, 2.24) is 0 Å². The zero-order valence-electron chi connectivity index (χ0n) is 12.2. The molecule has 0 aliphatic rings. The fourth-order valence-corrected chi connectivity index (χ4v) is 2.55. The van der Waals surface area contributed by atoms with Gasteiger partial charge >= 0.3 is 5.97 Å². The molecule has 110 valence electrons. The molecule has 2 aromatic carbocycles. The van der Waals surface area contributed by atoms with Crippen LogP contribution in [0.2, 0.25) is 0 Å². The van der Waals surface area contributed by atoms with E-state index in [1.807, 2.05) is 25.1 Å². The summed E-state index contributed by atoms with van der Waals surface area (Å²) in [5, 5.41) is 9.11. The van der Waals surface area contributed by atoms with Crippen molar-refractivity contribution in [3.05, 3.63) is 57.6 Å². The summed E-state index contributed by atoms with van der Waals surface area (Å²) in [5.74, 6) is 0.620. The van der Waals surface area contributed by atoms with Gasteiger partial charge in [0, 0.05) is 4.47 Å². The van der Waals surface area contributed by atoms with Gasteiger partial charge in [0.15, 0.2) is 0 Å². The van der Waals surface area contributed by atoms with E-state index in [0.717, 1.165) is 16.9 Å². The first-order chi connectivity index (χ1) is 9.86. The normalized spacial score (nSPS) is 10.7. The summed E-state index contributed by atoms with van der Waals surface area (Å²) >= 11 is 3.31. The van der Waals surface area contributed by atoms with Crippen LogP contribution in [0.15, 0.2) is 40.9 Å². The largest absolute Gasteiger partial charge is 0.478 e. The molecule has 0 unspecified atom stereocenters. The quantitative estimate of drug-likeness (QED) is 0.807. The van der Waals surface area contributed by atoms with Gasteiger partial charge in [-0.25, -0.2) is 4.79 Å². The molecule has 0 spiro atoms. The highest BCUT2D eigenvalue weighted by atomic mass is 79.9. The smallest absolute Gasteiger partial charge is 0.335 e. The van der Waals surface area contributed by atoms with Crippen molar-refractivity contribution in [2.45, 2.75) is 26.7 Å². The first kappa shape index (κ1) is 15.6. The van der Waals surface area contributed by atoms with E-state index in [1.165, 1.54) is 6.07 Å². The van der Waals surface area contributed by atoms with E-state index < -0.39 is 5.97 Å². The van der Waals surface area contributed by atoms with Crippen LogP contribution < -0.4 is 4.74 Å². The van der Waals surface area contributed by atoms with Gasteiger partial charge in [-0.05, 0) is 48.2 Å². The molecule has 0 fully saturated rings. The molecule has 0 aromatic heterocycles. The summed E-state index contributed by atoms with van der Waals surface area (Å²) in [7, 11) is 0. The third kappa shape index (κ3) is 3.85. The predicted molar refractivity (Wildman–Crippen MR) is 86.4 cm³/mol. The summed E-state index contributed by atoms with van der Waals surface area (Å²) in [6, 6.07) is 10.9. The zero-order chi connectivity index (χ0) is 15.6. The Labute approximate surface area is 132 Å². The van der Waals surface area contributed by atoms with Crippen LogP contribution in [0.4, 0.5) is 0 Å². The first-order valence-electron chi connectivity index (χ1n) is 6.69. The lowest BCUT2D eigenvalue weighted by Gasteiger charge is -2.15. The van der Waals surface area contributed by atoms with Gasteiger partial charge in [0.2, 0.25) is 0 Å². The lowest BCUT2D eigenvalue weighted by molar-refractivity contribution is 0.0696. The van der Waals surface area contributed by atoms with Crippen LogP contribution in [0.3, 0.4) is 0 Å². The highest BCUT2D eigenvalue weighted by molar-refractivity contribution is 9.10. The third-order valence-electron chi connectivity index (χ3n) is 3.14. The number of hydrogen-bond donors (Lipinski definition) is 1. The monoisotopic (exact) mass is 348 g/mol. The van der Waals surface area contributed by atoms with Crippen molar-refractivity contribution in [1.29, 1.82) is 0 Å². The second-order valence-corrected chi connectivity index (χ2v) is 6.19. The Kier molecular flexibility index (Phi) is 4.68. The van der Waals surface area contributed by atoms with Gasteiger partial charge < -0.3 is 9.84 Å². The Morgan fingerprint density at radius 1 is 1.19 bits per heavy atom.